The largest absolute Gasteiger partial charge is 0.453 e. The third kappa shape index (κ3) is 7.43. The van der Waals surface area contributed by atoms with Gasteiger partial charge in [-0.25, -0.2) is 19.6 Å². The first-order valence-corrected chi connectivity index (χ1v) is 20.3. The van der Waals surface area contributed by atoms with Crippen molar-refractivity contribution in [2.24, 2.45) is 11.8 Å². The van der Waals surface area contributed by atoms with Crippen molar-refractivity contribution in [2.75, 3.05) is 41.0 Å². The van der Waals surface area contributed by atoms with E-state index in [0.717, 1.165) is 65.9 Å². The molecule has 0 spiro atoms. The highest BCUT2D eigenvalue weighted by atomic mass is 16.5. The third-order valence-electron chi connectivity index (χ3n) is 12.0. The molecule has 2 aliphatic rings. The highest BCUT2D eigenvalue weighted by Gasteiger charge is 2.43. The van der Waals surface area contributed by atoms with Crippen LogP contribution >= 0.6 is 0 Å². The molecule has 15 heteroatoms. The van der Waals surface area contributed by atoms with Crippen molar-refractivity contribution < 1.29 is 33.4 Å². The summed E-state index contributed by atoms with van der Waals surface area (Å²) in [7, 11) is 4.15. The highest BCUT2D eigenvalue weighted by molar-refractivity contribution is 6.07. The summed E-state index contributed by atoms with van der Waals surface area (Å²) in [6.07, 6.45) is -0.714. The number of aromatic nitrogens is 4. The molecular weight excluding hydrogens is 777 g/mol. The van der Waals surface area contributed by atoms with E-state index in [-0.39, 0.29) is 23.7 Å². The Morgan fingerprint density at radius 3 is 1.85 bits per heavy atom. The molecule has 0 bridgehead atoms. The Morgan fingerprint density at radius 1 is 0.754 bits per heavy atom. The Morgan fingerprint density at radius 2 is 1.31 bits per heavy atom. The summed E-state index contributed by atoms with van der Waals surface area (Å²) in [5, 5.41) is 9.28. The number of fused-ring (bicyclic) bond motifs is 6. The third-order valence-corrected chi connectivity index (χ3v) is 12.0. The predicted octanol–water partition coefficient (Wildman–Crippen LogP) is 7.07. The van der Waals surface area contributed by atoms with Crippen LogP contribution in [0.15, 0.2) is 85.0 Å². The number of ether oxygens (including phenoxy) is 3. The summed E-state index contributed by atoms with van der Waals surface area (Å²) in [4.78, 5) is 72.0. The first kappa shape index (κ1) is 41.0. The number of amides is 4. The summed E-state index contributed by atoms with van der Waals surface area (Å²) in [6.45, 7) is 15.3. The van der Waals surface area contributed by atoms with Gasteiger partial charge < -0.3 is 44.6 Å². The highest BCUT2D eigenvalue weighted by Crippen LogP contribution is 2.41. The van der Waals surface area contributed by atoms with Crippen molar-refractivity contribution in [1.29, 1.82) is 0 Å². The van der Waals surface area contributed by atoms with Crippen molar-refractivity contribution in [3.63, 3.8) is 0 Å². The Bertz CT molecular complexity index is 2750. The molecule has 0 saturated carbocycles. The van der Waals surface area contributed by atoms with E-state index < -0.39 is 36.4 Å². The Kier molecular flexibility index (Phi) is 11.0. The number of benzene rings is 4. The maximum atomic E-state index is 13.8. The second kappa shape index (κ2) is 16.4. The number of rotatable bonds is 10. The number of alkyl carbamates (subject to hydrolysis) is 2. The molecule has 0 aliphatic carbocycles. The minimum absolute atomic E-state index is 0.112. The van der Waals surface area contributed by atoms with Gasteiger partial charge in [0.1, 0.15) is 35.8 Å². The molecule has 0 unspecified atom stereocenters. The number of carbonyl (C=O) groups is 4. The molecule has 6 aromatic rings. The topological polar surface area (TPSA) is 184 Å². The van der Waals surface area contributed by atoms with Crippen LogP contribution in [0.3, 0.4) is 0 Å². The number of methoxy groups -OCH3 is 3. The molecular formula is C46H50N8O7. The number of imidazole rings is 2. The number of nitrogens with zero attached hydrogens (tertiary/aromatic N) is 4. The molecule has 4 amide bonds. The second-order valence-electron chi connectivity index (χ2n) is 16.2. The van der Waals surface area contributed by atoms with E-state index in [1.807, 2.05) is 32.0 Å². The van der Waals surface area contributed by atoms with Crippen LogP contribution in [-0.2, 0) is 23.8 Å². The maximum Gasteiger partial charge on any atom is 0.407 e. The van der Waals surface area contributed by atoms with Gasteiger partial charge in [0, 0.05) is 36.9 Å². The van der Waals surface area contributed by atoms with Gasteiger partial charge in [-0.3, -0.25) is 9.59 Å². The van der Waals surface area contributed by atoms with Gasteiger partial charge in [0.2, 0.25) is 11.8 Å². The van der Waals surface area contributed by atoms with Crippen LogP contribution in [0.4, 0.5) is 9.59 Å². The van der Waals surface area contributed by atoms with Crippen LogP contribution in [0, 0.1) is 11.8 Å². The van der Waals surface area contributed by atoms with Gasteiger partial charge in [-0.05, 0) is 76.6 Å². The lowest BCUT2D eigenvalue weighted by molar-refractivity contribution is -0.135. The van der Waals surface area contributed by atoms with E-state index >= 15 is 0 Å². The number of nitrogens with one attached hydrogen (secondary N) is 4. The van der Waals surface area contributed by atoms with Gasteiger partial charge in [0.25, 0.3) is 0 Å². The van der Waals surface area contributed by atoms with Crippen LogP contribution in [-0.4, -0.2) is 107 Å². The second-order valence-corrected chi connectivity index (χ2v) is 16.2. The number of H-pyrrole nitrogens is 2. The zero-order valence-corrected chi connectivity index (χ0v) is 35.1. The molecule has 4 N–H and O–H groups in total. The molecule has 2 aromatic heterocycles. The molecule has 316 valence electrons. The van der Waals surface area contributed by atoms with Gasteiger partial charge in [-0.15, -0.1) is 0 Å². The van der Waals surface area contributed by atoms with Crippen molar-refractivity contribution >= 4 is 67.6 Å². The fraction of sp³-hybridized carbons (Fsp3) is 0.348. The fourth-order valence-electron chi connectivity index (χ4n) is 8.81. The van der Waals surface area contributed by atoms with Crippen LogP contribution in [0.2, 0.25) is 0 Å². The standard InChI is InChI=1S/C46H50N8O7/c1-23(2)36(52-46(58)61-8)44(56)53-18-17-24(3)39(53)41-48-34-15-11-29-19-27(9-13-32(29)37(34)50-41)28-10-14-33-30(20-28)12-16-35-38(33)51-42(49-35)40-25(4)31(22-59-6)21-54(40)43(55)26(5)47-45(57)60-7/h9-16,19-20,23,26,31,36,39-40H,3-4,17-18,21-22H2,1-2,5-8H3,(H,47,57)(H,48,50)(H,49,51)(H,52,58)/t26-,31+,36-,39-,40-/m0/s1. The van der Waals surface area contributed by atoms with Crippen LogP contribution in [0.25, 0.3) is 54.7 Å². The molecule has 4 aromatic carbocycles. The quantitative estimate of drug-likeness (QED) is 0.105. The molecule has 5 atom stereocenters. The van der Waals surface area contributed by atoms with E-state index in [1.54, 1.807) is 23.8 Å². The minimum Gasteiger partial charge on any atom is -0.453 e. The zero-order chi connectivity index (χ0) is 43.3. The SMILES string of the molecule is C=C1CCN(C(=O)[C@@H](NC(=O)OC)C(C)C)[C@@H]1c1nc2ccc3cc(-c4ccc5c(ccc6nc([C@@H]7C(=C)[C@@H](COC)CN7C(=O)[C@H](C)NC(=O)OC)[nH]c65)c4)ccc3c2[nH]1. The summed E-state index contributed by atoms with van der Waals surface area (Å²) in [6, 6.07) is 18.1. The number of hydrogen-bond acceptors (Lipinski definition) is 9. The summed E-state index contributed by atoms with van der Waals surface area (Å²) in [5.41, 5.74) is 6.98. The van der Waals surface area contributed by atoms with Crippen LogP contribution < -0.4 is 10.6 Å². The first-order chi connectivity index (χ1) is 29.3. The average molecular weight is 827 g/mol. The smallest absolute Gasteiger partial charge is 0.407 e. The van der Waals surface area contributed by atoms with E-state index in [4.69, 9.17) is 24.2 Å². The van der Waals surface area contributed by atoms with E-state index in [2.05, 4.69) is 76.2 Å². The number of hydrogen-bond donors (Lipinski definition) is 4. The number of carbonyl (C=O) groups excluding carboxylic acids is 4. The van der Waals surface area contributed by atoms with E-state index in [9.17, 15) is 19.2 Å². The Labute approximate surface area is 352 Å². The summed E-state index contributed by atoms with van der Waals surface area (Å²) >= 11 is 0. The lowest BCUT2D eigenvalue weighted by Crippen LogP contribution is -2.51. The van der Waals surface area contributed by atoms with Gasteiger partial charge in [0.15, 0.2) is 0 Å². The Balaban J connectivity index is 1.08. The van der Waals surface area contributed by atoms with Crippen molar-refractivity contribution in [3.05, 3.63) is 96.6 Å². The maximum absolute atomic E-state index is 13.8. The molecule has 2 saturated heterocycles. The van der Waals surface area contributed by atoms with Crippen molar-refractivity contribution in [1.82, 2.24) is 40.4 Å². The predicted molar refractivity (Wildman–Crippen MR) is 233 cm³/mol. The van der Waals surface area contributed by atoms with Gasteiger partial charge in [-0.2, -0.15) is 0 Å². The lowest BCUT2D eigenvalue weighted by atomic mass is 9.98. The van der Waals surface area contributed by atoms with Crippen LogP contribution in [0.1, 0.15) is 50.9 Å². The first-order valence-electron chi connectivity index (χ1n) is 20.3. The molecule has 0 radical (unpaired) electrons. The van der Waals surface area contributed by atoms with Gasteiger partial charge >= 0.3 is 12.2 Å². The van der Waals surface area contributed by atoms with Crippen LogP contribution in [0.5, 0.6) is 0 Å². The Hall–Kier alpha value is -6.74. The van der Waals surface area contributed by atoms with Crippen molar-refractivity contribution in [2.45, 2.75) is 51.4 Å². The van der Waals surface area contributed by atoms with Gasteiger partial charge in [0.05, 0.1) is 42.9 Å². The monoisotopic (exact) mass is 826 g/mol. The molecule has 15 nitrogen and oxygen atoms in total. The molecule has 2 aliphatic heterocycles. The molecule has 8 rings (SSSR count). The summed E-state index contributed by atoms with van der Waals surface area (Å²) < 4.78 is 15.0. The molecule has 61 heavy (non-hydrogen) atoms. The zero-order valence-electron chi connectivity index (χ0n) is 35.1. The fourth-order valence-corrected chi connectivity index (χ4v) is 8.81. The molecule has 4 heterocycles. The number of likely N-dealkylation sites (tertiary alicyclic amines) is 2. The van der Waals surface area contributed by atoms with Crippen molar-refractivity contribution in [3.8, 4) is 11.1 Å². The summed E-state index contributed by atoms with van der Waals surface area (Å²) in [5.74, 6) is 0.454. The molecule has 2 fully saturated rings. The minimum atomic E-state index is -0.826. The number of aromatic amines is 2. The van der Waals surface area contributed by atoms with Gasteiger partial charge in [-0.1, -0.05) is 63.4 Å². The normalized spacial score (nSPS) is 19.0. The average Bonchev–Trinajstić information content (AvgIpc) is 4.05. The van der Waals surface area contributed by atoms with E-state index in [1.165, 1.54) is 14.2 Å². The van der Waals surface area contributed by atoms with E-state index in [0.29, 0.717) is 37.8 Å². The lowest BCUT2D eigenvalue weighted by Gasteiger charge is -2.30.